The van der Waals surface area contributed by atoms with E-state index < -0.39 is 27.7 Å². The summed E-state index contributed by atoms with van der Waals surface area (Å²) >= 11 is 1.17. The summed E-state index contributed by atoms with van der Waals surface area (Å²) in [6, 6.07) is 10.6. The molecule has 1 aliphatic heterocycles. The SMILES string of the molecule is Cc1nc(Cc2cccc(C(F)(F)F)c2)sc1NC(=O)c1ccc(S(=O)(=O)NCC2CCCO2)cc1. The van der Waals surface area contributed by atoms with Gasteiger partial charge in [0.15, 0.2) is 0 Å². The third-order valence-electron chi connectivity index (χ3n) is 5.63. The molecule has 2 N–H and O–H groups in total. The highest BCUT2D eigenvalue weighted by molar-refractivity contribution is 7.89. The zero-order valence-corrected chi connectivity index (χ0v) is 20.9. The molecule has 0 bridgehead atoms. The van der Waals surface area contributed by atoms with Crippen molar-refractivity contribution in [3.8, 4) is 0 Å². The van der Waals surface area contributed by atoms with Gasteiger partial charge >= 0.3 is 6.18 Å². The fraction of sp³-hybridized carbons (Fsp3) is 0.333. The van der Waals surface area contributed by atoms with Crippen LogP contribution in [0.2, 0.25) is 0 Å². The molecule has 36 heavy (non-hydrogen) atoms. The number of benzene rings is 2. The van der Waals surface area contributed by atoms with Gasteiger partial charge < -0.3 is 10.1 Å². The van der Waals surface area contributed by atoms with Crippen molar-refractivity contribution in [2.24, 2.45) is 0 Å². The summed E-state index contributed by atoms with van der Waals surface area (Å²) in [6.07, 6.45) is -2.66. The molecule has 2 heterocycles. The molecule has 1 amide bonds. The monoisotopic (exact) mass is 539 g/mol. The number of carbonyl (C=O) groups excluding carboxylic acids is 1. The Morgan fingerprint density at radius 1 is 1.19 bits per heavy atom. The fourth-order valence-corrected chi connectivity index (χ4v) is 5.79. The van der Waals surface area contributed by atoms with E-state index in [2.05, 4.69) is 15.0 Å². The number of anilines is 1. The van der Waals surface area contributed by atoms with Crippen molar-refractivity contribution >= 4 is 32.3 Å². The van der Waals surface area contributed by atoms with Gasteiger partial charge in [-0.3, -0.25) is 4.79 Å². The number of hydrogen-bond acceptors (Lipinski definition) is 6. The lowest BCUT2D eigenvalue weighted by Gasteiger charge is -2.11. The Labute approximate surface area is 210 Å². The van der Waals surface area contributed by atoms with Crippen molar-refractivity contribution < 1.29 is 31.1 Å². The standard InChI is InChI=1S/C24H24F3N3O4S2/c1-15-23(35-21(29-15)13-16-4-2-5-18(12-16)24(25,26)27)30-22(31)17-7-9-20(10-8-17)36(32,33)28-14-19-6-3-11-34-19/h2,4-5,7-10,12,19,28H,3,6,11,13-14H2,1H3,(H,30,31). The van der Waals surface area contributed by atoms with Crippen LogP contribution in [0.25, 0.3) is 0 Å². The van der Waals surface area contributed by atoms with Gasteiger partial charge in [0.1, 0.15) is 5.00 Å². The van der Waals surface area contributed by atoms with Crippen LogP contribution in [0.3, 0.4) is 0 Å². The number of nitrogens with one attached hydrogen (secondary N) is 2. The molecule has 12 heteroatoms. The molecule has 1 atom stereocenters. The number of aryl methyl sites for hydroxylation is 1. The number of carbonyl (C=O) groups is 1. The van der Waals surface area contributed by atoms with Gasteiger partial charge in [-0.25, -0.2) is 18.1 Å². The van der Waals surface area contributed by atoms with Gasteiger partial charge in [-0.2, -0.15) is 13.2 Å². The van der Waals surface area contributed by atoms with Crippen LogP contribution in [-0.2, 0) is 27.4 Å². The Hall–Kier alpha value is -2.80. The fourth-order valence-electron chi connectivity index (χ4n) is 3.73. The Bertz CT molecular complexity index is 1330. The second kappa shape index (κ2) is 10.7. The molecule has 1 saturated heterocycles. The van der Waals surface area contributed by atoms with E-state index in [0.717, 1.165) is 25.0 Å². The first-order valence-electron chi connectivity index (χ1n) is 11.2. The number of halogens is 3. The zero-order chi connectivity index (χ0) is 25.9. The van der Waals surface area contributed by atoms with Crippen molar-refractivity contribution in [2.45, 2.75) is 43.4 Å². The number of thiazole rings is 1. The molecule has 4 rings (SSSR count). The van der Waals surface area contributed by atoms with Crippen molar-refractivity contribution in [1.82, 2.24) is 9.71 Å². The summed E-state index contributed by atoms with van der Waals surface area (Å²) in [5.41, 5.74) is 0.517. The maximum atomic E-state index is 13.0. The van der Waals surface area contributed by atoms with E-state index in [-0.39, 0.29) is 29.5 Å². The smallest absolute Gasteiger partial charge is 0.377 e. The molecule has 1 aromatic heterocycles. The topological polar surface area (TPSA) is 97.4 Å². The highest BCUT2D eigenvalue weighted by Gasteiger charge is 2.30. The molecule has 0 aliphatic carbocycles. The van der Waals surface area contributed by atoms with Crippen LogP contribution in [0.4, 0.5) is 18.2 Å². The minimum absolute atomic E-state index is 0.0365. The molecule has 192 valence electrons. The van der Waals surface area contributed by atoms with E-state index in [1.807, 2.05) is 0 Å². The average Bonchev–Trinajstić information content (AvgIpc) is 3.47. The van der Waals surface area contributed by atoms with Crippen molar-refractivity contribution in [3.05, 3.63) is 75.9 Å². The van der Waals surface area contributed by atoms with Crippen LogP contribution in [0.15, 0.2) is 53.4 Å². The number of rotatable bonds is 8. The summed E-state index contributed by atoms with van der Waals surface area (Å²) in [5.74, 6) is -0.455. The molecule has 7 nitrogen and oxygen atoms in total. The summed E-state index contributed by atoms with van der Waals surface area (Å²) in [7, 11) is -3.73. The molecule has 1 unspecified atom stereocenters. The minimum atomic E-state index is -4.43. The molecular weight excluding hydrogens is 515 g/mol. The molecule has 0 radical (unpaired) electrons. The third kappa shape index (κ3) is 6.49. The lowest BCUT2D eigenvalue weighted by atomic mass is 10.1. The molecule has 3 aromatic rings. The molecule has 0 saturated carbocycles. The maximum Gasteiger partial charge on any atom is 0.416 e. The van der Waals surface area contributed by atoms with Gasteiger partial charge in [0.05, 0.1) is 27.3 Å². The molecule has 0 spiro atoms. The summed E-state index contributed by atoms with van der Waals surface area (Å²) in [5, 5.41) is 3.77. The first kappa shape index (κ1) is 26.3. The van der Waals surface area contributed by atoms with Gasteiger partial charge in [-0.05, 0) is 55.7 Å². The number of amides is 1. The quantitative estimate of drug-likeness (QED) is 0.430. The second-order valence-electron chi connectivity index (χ2n) is 8.36. The lowest BCUT2D eigenvalue weighted by molar-refractivity contribution is -0.137. The van der Waals surface area contributed by atoms with Gasteiger partial charge in [0, 0.05) is 25.1 Å². The lowest BCUT2D eigenvalue weighted by Crippen LogP contribution is -2.31. The van der Waals surface area contributed by atoms with Gasteiger partial charge in [-0.15, -0.1) is 11.3 Å². The zero-order valence-electron chi connectivity index (χ0n) is 19.3. The second-order valence-corrected chi connectivity index (χ2v) is 11.2. The predicted octanol–water partition coefficient (Wildman–Crippen LogP) is 4.77. The maximum absolute atomic E-state index is 13.0. The van der Waals surface area contributed by atoms with Crippen LogP contribution >= 0.6 is 11.3 Å². The normalized spacial score (nSPS) is 16.3. The highest BCUT2D eigenvalue weighted by atomic mass is 32.2. The number of nitrogens with zero attached hydrogens (tertiary/aromatic N) is 1. The number of alkyl halides is 3. The van der Waals surface area contributed by atoms with Crippen LogP contribution < -0.4 is 10.0 Å². The largest absolute Gasteiger partial charge is 0.416 e. The first-order valence-corrected chi connectivity index (χ1v) is 13.5. The number of ether oxygens (including phenoxy) is 1. The number of aromatic nitrogens is 1. The highest BCUT2D eigenvalue weighted by Crippen LogP contribution is 2.31. The van der Waals surface area contributed by atoms with E-state index in [1.54, 1.807) is 13.0 Å². The van der Waals surface area contributed by atoms with Gasteiger partial charge in [-0.1, -0.05) is 18.2 Å². The van der Waals surface area contributed by atoms with Crippen LogP contribution in [0.5, 0.6) is 0 Å². The Kier molecular flexibility index (Phi) is 7.79. The van der Waals surface area contributed by atoms with E-state index in [0.29, 0.717) is 27.9 Å². The predicted molar refractivity (Wildman–Crippen MR) is 130 cm³/mol. The van der Waals surface area contributed by atoms with Crippen LogP contribution in [0, 0.1) is 6.92 Å². The van der Waals surface area contributed by atoms with E-state index >= 15 is 0 Å². The van der Waals surface area contributed by atoms with E-state index in [4.69, 9.17) is 4.74 Å². The third-order valence-corrected chi connectivity index (χ3v) is 8.14. The molecule has 1 aliphatic rings. The van der Waals surface area contributed by atoms with E-state index in [1.165, 1.54) is 41.7 Å². The van der Waals surface area contributed by atoms with Gasteiger partial charge in [0.2, 0.25) is 10.0 Å². The van der Waals surface area contributed by atoms with Crippen LogP contribution in [0.1, 0.15) is 45.0 Å². The Morgan fingerprint density at radius 2 is 1.94 bits per heavy atom. The summed E-state index contributed by atoms with van der Waals surface area (Å²) in [6.45, 7) is 2.51. The van der Waals surface area contributed by atoms with Gasteiger partial charge in [0.25, 0.3) is 5.91 Å². The first-order chi connectivity index (χ1) is 17.0. The summed E-state index contributed by atoms with van der Waals surface area (Å²) < 4.78 is 71.9. The van der Waals surface area contributed by atoms with E-state index in [9.17, 15) is 26.4 Å². The van der Waals surface area contributed by atoms with Crippen LogP contribution in [-0.4, -0.2) is 38.6 Å². The number of hydrogen-bond donors (Lipinski definition) is 2. The Morgan fingerprint density at radius 3 is 2.61 bits per heavy atom. The van der Waals surface area contributed by atoms with Crippen molar-refractivity contribution in [3.63, 3.8) is 0 Å². The summed E-state index contributed by atoms with van der Waals surface area (Å²) in [4.78, 5) is 17.1. The minimum Gasteiger partial charge on any atom is -0.377 e. The number of sulfonamides is 1. The average molecular weight is 540 g/mol. The molecule has 1 fully saturated rings. The molecule has 2 aromatic carbocycles. The Balaban J connectivity index is 1.39. The molecular formula is C24H24F3N3O4S2. The van der Waals surface area contributed by atoms with Crippen molar-refractivity contribution in [1.29, 1.82) is 0 Å². The van der Waals surface area contributed by atoms with Crippen molar-refractivity contribution in [2.75, 3.05) is 18.5 Å².